The van der Waals surface area contributed by atoms with Crippen molar-refractivity contribution in [3.05, 3.63) is 23.7 Å². The summed E-state index contributed by atoms with van der Waals surface area (Å²) in [6, 6.07) is 0. The van der Waals surface area contributed by atoms with Crippen LogP contribution in [0.1, 0.15) is 42.1 Å². The van der Waals surface area contributed by atoms with Crippen molar-refractivity contribution in [2.45, 2.75) is 26.2 Å². The zero-order valence-electron chi connectivity index (χ0n) is 6.83. The van der Waals surface area contributed by atoms with Gasteiger partial charge in [0.05, 0.1) is 11.8 Å². The monoisotopic (exact) mass is 152 g/mol. The van der Waals surface area contributed by atoms with Crippen molar-refractivity contribution in [1.82, 2.24) is 0 Å². The molecule has 2 heteroatoms. The molecule has 60 valence electrons. The van der Waals surface area contributed by atoms with Crippen LogP contribution in [0.3, 0.4) is 0 Å². The molecule has 0 amide bonds. The summed E-state index contributed by atoms with van der Waals surface area (Å²) in [5.41, 5.74) is 1.70. The van der Waals surface area contributed by atoms with Crippen molar-refractivity contribution in [2.75, 3.05) is 0 Å². The Hall–Kier alpha value is -1.05. The van der Waals surface area contributed by atoms with Gasteiger partial charge < -0.3 is 4.42 Å². The van der Waals surface area contributed by atoms with Crippen LogP contribution in [0, 0.1) is 0 Å². The molecule has 1 atom stereocenters. The Kier molecular flexibility index (Phi) is 2.47. The summed E-state index contributed by atoms with van der Waals surface area (Å²) in [4.78, 5) is 10.4. The van der Waals surface area contributed by atoms with Crippen LogP contribution in [-0.2, 0) is 0 Å². The maximum atomic E-state index is 10.4. The van der Waals surface area contributed by atoms with E-state index in [1.165, 1.54) is 6.26 Å². The lowest BCUT2D eigenvalue weighted by atomic mass is 9.98. The minimum Gasteiger partial charge on any atom is -0.472 e. The standard InChI is InChI=1S/C9H12O2/c1-3-7(2)9-6-11-5-8(9)4-10/h4-7H,3H2,1-2H3. The third-order valence-corrected chi connectivity index (χ3v) is 1.99. The van der Waals surface area contributed by atoms with Crippen molar-refractivity contribution < 1.29 is 9.21 Å². The van der Waals surface area contributed by atoms with E-state index in [1.54, 1.807) is 6.26 Å². The molecule has 0 bridgehead atoms. The second-order valence-electron chi connectivity index (χ2n) is 2.71. The van der Waals surface area contributed by atoms with E-state index in [-0.39, 0.29) is 0 Å². The predicted molar refractivity (Wildman–Crippen MR) is 42.8 cm³/mol. The molecule has 0 saturated heterocycles. The van der Waals surface area contributed by atoms with Gasteiger partial charge in [-0.05, 0) is 12.3 Å². The van der Waals surface area contributed by atoms with Crippen molar-refractivity contribution in [1.29, 1.82) is 0 Å². The molecule has 0 aromatic carbocycles. The molecule has 1 aromatic heterocycles. The molecule has 0 N–H and O–H groups in total. The van der Waals surface area contributed by atoms with Gasteiger partial charge in [0.15, 0.2) is 6.29 Å². The van der Waals surface area contributed by atoms with Gasteiger partial charge in [-0.2, -0.15) is 0 Å². The zero-order chi connectivity index (χ0) is 8.27. The van der Waals surface area contributed by atoms with Crippen molar-refractivity contribution in [2.24, 2.45) is 0 Å². The van der Waals surface area contributed by atoms with Gasteiger partial charge in [-0.15, -0.1) is 0 Å². The fourth-order valence-corrected chi connectivity index (χ4v) is 1.03. The number of hydrogen-bond donors (Lipinski definition) is 0. The van der Waals surface area contributed by atoms with Gasteiger partial charge in [-0.25, -0.2) is 0 Å². The van der Waals surface area contributed by atoms with Crippen LogP contribution in [0.5, 0.6) is 0 Å². The highest BCUT2D eigenvalue weighted by Gasteiger charge is 2.09. The topological polar surface area (TPSA) is 30.2 Å². The lowest BCUT2D eigenvalue weighted by Crippen LogP contribution is -1.92. The van der Waals surface area contributed by atoms with Crippen molar-refractivity contribution in [3.8, 4) is 0 Å². The number of carbonyl (C=O) groups is 1. The van der Waals surface area contributed by atoms with E-state index in [0.29, 0.717) is 11.5 Å². The Labute approximate surface area is 66.2 Å². The van der Waals surface area contributed by atoms with E-state index in [1.807, 2.05) is 0 Å². The molecule has 0 aliphatic heterocycles. The smallest absolute Gasteiger partial charge is 0.153 e. The average molecular weight is 152 g/mol. The maximum absolute atomic E-state index is 10.4. The first kappa shape index (κ1) is 8.05. The summed E-state index contributed by atoms with van der Waals surface area (Å²) in [7, 11) is 0. The second-order valence-corrected chi connectivity index (χ2v) is 2.71. The third-order valence-electron chi connectivity index (χ3n) is 1.99. The largest absolute Gasteiger partial charge is 0.472 e. The molecule has 1 heterocycles. The van der Waals surface area contributed by atoms with Crippen molar-refractivity contribution >= 4 is 6.29 Å². The number of rotatable bonds is 3. The van der Waals surface area contributed by atoms with E-state index in [9.17, 15) is 4.79 Å². The number of aldehydes is 1. The molecule has 0 saturated carbocycles. The Morgan fingerprint density at radius 2 is 2.36 bits per heavy atom. The highest BCUT2D eigenvalue weighted by molar-refractivity contribution is 5.76. The lowest BCUT2D eigenvalue weighted by Gasteiger charge is -2.04. The molecule has 2 nitrogen and oxygen atoms in total. The van der Waals surface area contributed by atoms with Crippen LogP contribution in [-0.4, -0.2) is 6.29 Å². The van der Waals surface area contributed by atoms with E-state index in [0.717, 1.165) is 18.3 Å². The van der Waals surface area contributed by atoms with Gasteiger partial charge in [0.2, 0.25) is 0 Å². The van der Waals surface area contributed by atoms with E-state index in [2.05, 4.69) is 13.8 Å². The van der Waals surface area contributed by atoms with Crippen LogP contribution in [0.15, 0.2) is 16.9 Å². The van der Waals surface area contributed by atoms with Crippen LogP contribution >= 0.6 is 0 Å². The first-order valence-electron chi connectivity index (χ1n) is 3.80. The van der Waals surface area contributed by atoms with E-state index < -0.39 is 0 Å². The first-order valence-corrected chi connectivity index (χ1v) is 3.80. The molecule has 0 fully saturated rings. The average Bonchev–Trinajstić information content (AvgIpc) is 2.50. The maximum Gasteiger partial charge on any atom is 0.153 e. The molecule has 1 rings (SSSR count). The van der Waals surface area contributed by atoms with Gasteiger partial charge in [0.25, 0.3) is 0 Å². The van der Waals surface area contributed by atoms with Crippen LogP contribution in [0.2, 0.25) is 0 Å². The summed E-state index contributed by atoms with van der Waals surface area (Å²) in [6.07, 6.45) is 5.01. The summed E-state index contributed by atoms with van der Waals surface area (Å²) in [5.74, 6) is 0.411. The molecular formula is C9H12O2. The lowest BCUT2D eigenvalue weighted by molar-refractivity contribution is 0.112. The Morgan fingerprint density at radius 1 is 1.64 bits per heavy atom. The molecule has 1 aromatic rings. The van der Waals surface area contributed by atoms with Crippen LogP contribution in [0.4, 0.5) is 0 Å². The fraction of sp³-hybridized carbons (Fsp3) is 0.444. The molecule has 0 spiro atoms. The summed E-state index contributed by atoms with van der Waals surface area (Å²) < 4.78 is 4.93. The highest BCUT2D eigenvalue weighted by Crippen LogP contribution is 2.22. The quantitative estimate of drug-likeness (QED) is 0.623. The fourth-order valence-electron chi connectivity index (χ4n) is 1.03. The zero-order valence-corrected chi connectivity index (χ0v) is 6.83. The third kappa shape index (κ3) is 1.50. The predicted octanol–water partition coefficient (Wildman–Crippen LogP) is 2.61. The van der Waals surface area contributed by atoms with Gasteiger partial charge in [-0.1, -0.05) is 13.8 Å². The minimum absolute atomic E-state index is 0.411. The van der Waals surface area contributed by atoms with E-state index >= 15 is 0 Å². The first-order chi connectivity index (χ1) is 5.29. The summed E-state index contributed by atoms with van der Waals surface area (Å²) in [5, 5.41) is 0. The Morgan fingerprint density at radius 3 is 2.91 bits per heavy atom. The van der Waals surface area contributed by atoms with Crippen LogP contribution in [0.25, 0.3) is 0 Å². The van der Waals surface area contributed by atoms with Gasteiger partial charge in [0, 0.05) is 5.56 Å². The van der Waals surface area contributed by atoms with E-state index in [4.69, 9.17) is 4.42 Å². The summed E-state index contributed by atoms with van der Waals surface area (Å²) in [6.45, 7) is 4.17. The Bertz CT molecular complexity index is 237. The normalized spacial score (nSPS) is 12.9. The molecule has 0 aliphatic rings. The van der Waals surface area contributed by atoms with Gasteiger partial charge in [-0.3, -0.25) is 4.79 Å². The van der Waals surface area contributed by atoms with Gasteiger partial charge in [0.1, 0.15) is 6.26 Å². The number of carbonyl (C=O) groups excluding carboxylic acids is 1. The molecule has 1 unspecified atom stereocenters. The van der Waals surface area contributed by atoms with Crippen molar-refractivity contribution in [3.63, 3.8) is 0 Å². The molecular weight excluding hydrogens is 140 g/mol. The number of furan rings is 1. The number of hydrogen-bond acceptors (Lipinski definition) is 2. The molecule has 0 radical (unpaired) electrons. The molecule has 11 heavy (non-hydrogen) atoms. The van der Waals surface area contributed by atoms with Gasteiger partial charge >= 0.3 is 0 Å². The van der Waals surface area contributed by atoms with Crippen LogP contribution < -0.4 is 0 Å². The second kappa shape index (κ2) is 3.37. The highest BCUT2D eigenvalue weighted by atomic mass is 16.3. The molecule has 0 aliphatic carbocycles. The minimum atomic E-state index is 0.411. The Balaban J connectivity index is 2.92. The SMILES string of the molecule is CCC(C)c1cocc1C=O. The summed E-state index contributed by atoms with van der Waals surface area (Å²) >= 11 is 0.